The van der Waals surface area contributed by atoms with E-state index in [9.17, 15) is 0 Å². The van der Waals surface area contributed by atoms with E-state index in [4.69, 9.17) is 4.98 Å². The molecule has 2 nitrogen and oxygen atoms in total. The first-order valence-electron chi connectivity index (χ1n) is 11.2. The van der Waals surface area contributed by atoms with Crippen molar-refractivity contribution in [3.8, 4) is 16.8 Å². The molecule has 0 amide bonds. The summed E-state index contributed by atoms with van der Waals surface area (Å²) < 4.78 is 2.37. The summed E-state index contributed by atoms with van der Waals surface area (Å²) in [7, 11) is 0. The molecular weight excluding hydrogens is 400 g/mol. The van der Waals surface area contributed by atoms with Crippen molar-refractivity contribution < 1.29 is 0 Å². The molecule has 0 spiro atoms. The summed E-state index contributed by atoms with van der Waals surface area (Å²) in [4.78, 5) is 5.00. The molecule has 0 unspecified atom stereocenters. The Hall–Kier alpha value is -4.43. The van der Waals surface area contributed by atoms with Gasteiger partial charge in [-0.3, -0.25) is 0 Å². The summed E-state index contributed by atoms with van der Waals surface area (Å²) in [6, 6.07) is 43.0. The lowest BCUT2D eigenvalue weighted by Gasteiger charge is -2.14. The Kier molecular flexibility index (Phi) is 3.88. The fraction of sp³-hybridized carbons (Fsp3) is 0. The maximum absolute atomic E-state index is 5.00. The van der Waals surface area contributed by atoms with Crippen LogP contribution in [0.2, 0.25) is 0 Å². The monoisotopic (exact) mass is 420 g/mol. The molecule has 2 heteroatoms. The molecule has 5 aromatic carbocycles. The lowest BCUT2D eigenvalue weighted by molar-refractivity contribution is 1.18. The van der Waals surface area contributed by atoms with Gasteiger partial charge in [0.1, 0.15) is 0 Å². The van der Waals surface area contributed by atoms with Gasteiger partial charge in [0.15, 0.2) is 0 Å². The third-order valence-electron chi connectivity index (χ3n) is 6.56. The van der Waals surface area contributed by atoms with Crippen LogP contribution in [-0.2, 0) is 0 Å². The lowest BCUT2D eigenvalue weighted by atomic mass is 9.96. The largest absolute Gasteiger partial charge is 0.309 e. The van der Waals surface area contributed by atoms with Crippen LogP contribution in [0.3, 0.4) is 0 Å². The molecular formula is C31H20N2. The highest BCUT2D eigenvalue weighted by molar-refractivity contribution is 6.12. The minimum absolute atomic E-state index is 1.01. The average Bonchev–Trinajstić information content (AvgIpc) is 3.22. The van der Waals surface area contributed by atoms with Gasteiger partial charge in [-0.1, -0.05) is 84.9 Å². The van der Waals surface area contributed by atoms with E-state index in [0.717, 1.165) is 16.7 Å². The van der Waals surface area contributed by atoms with Crippen LogP contribution in [0, 0.1) is 0 Å². The maximum Gasteiger partial charge on any atom is 0.0717 e. The Morgan fingerprint density at radius 1 is 0.455 bits per heavy atom. The maximum atomic E-state index is 5.00. The Morgan fingerprint density at radius 2 is 1.03 bits per heavy atom. The molecule has 0 saturated heterocycles. The third kappa shape index (κ3) is 2.71. The first kappa shape index (κ1) is 18.2. The highest BCUT2D eigenvalue weighted by atomic mass is 15.0. The van der Waals surface area contributed by atoms with Crippen molar-refractivity contribution in [1.82, 2.24) is 9.55 Å². The molecule has 7 rings (SSSR count). The van der Waals surface area contributed by atoms with Crippen molar-refractivity contribution in [2.45, 2.75) is 0 Å². The van der Waals surface area contributed by atoms with Crippen LogP contribution in [-0.4, -0.2) is 9.55 Å². The smallest absolute Gasteiger partial charge is 0.0717 e. The second-order valence-electron chi connectivity index (χ2n) is 8.44. The first-order valence-corrected chi connectivity index (χ1v) is 11.2. The summed E-state index contributed by atoms with van der Waals surface area (Å²) in [5.41, 5.74) is 8.06. The fourth-order valence-electron chi connectivity index (χ4n) is 5.13. The average molecular weight is 421 g/mol. The number of pyridine rings is 1. The fourth-order valence-corrected chi connectivity index (χ4v) is 5.13. The SMILES string of the molecule is c1ccc(-c2c3ccccc3nc3ccc(-n4c5ccccc5c5ccccc54)cc23)cc1. The van der Waals surface area contributed by atoms with Gasteiger partial charge in [0.25, 0.3) is 0 Å². The molecule has 0 radical (unpaired) electrons. The van der Waals surface area contributed by atoms with Crippen molar-refractivity contribution in [1.29, 1.82) is 0 Å². The summed E-state index contributed by atoms with van der Waals surface area (Å²) >= 11 is 0. The van der Waals surface area contributed by atoms with Crippen molar-refractivity contribution in [3.63, 3.8) is 0 Å². The van der Waals surface area contributed by atoms with E-state index in [2.05, 4.69) is 126 Å². The van der Waals surface area contributed by atoms with Crippen molar-refractivity contribution in [2.75, 3.05) is 0 Å². The van der Waals surface area contributed by atoms with Crippen LogP contribution < -0.4 is 0 Å². The molecule has 0 saturated carbocycles. The predicted molar refractivity (Wildman–Crippen MR) is 139 cm³/mol. The van der Waals surface area contributed by atoms with Crippen molar-refractivity contribution in [2.24, 2.45) is 0 Å². The van der Waals surface area contributed by atoms with Crippen LogP contribution in [0.25, 0.3) is 60.4 Å². The van der Waals surface area contributed by atoms with Gasteiger partial charge in [-0.15, -0.1) is 0 Å². The molecule has 0 N–H and O–H groups in total. The Morgan fingerprint density at radius 3 is 1.76 bits per heavy atom. The molecule has 2 heterocycles. The van der Waals surface area contributed by atoms with Gasteiger partial charge >= 0.3 is 0 Å². The number of hydrogen-bond acceptors (Lipinski definition) is 1. The molecule has 0 atom stereocenters. The van der Waals surface area contributed by atoms with E-state index >= 15 is 0 Å². The number of benzene rings is 5. The lowest BCUT2D eigenvalue weighted by Crippen LogP contribution is -1.96. The Labute approximate surface area is 191 Å². The van der Waals surface area contributed by atoms with E-state index in [1.54, 1.807) is 0 Å². The zero-order chi connectivity index (χ0) is 21.8. The molecule has 7 aromatic rings. The summed E-state index contributed by atoms with van der Waals surface area (Å²) in [5, 5.41) is 4.89. The van der Waals surface area contributed by atoms with Gasteiger partial charge in [-0.05, 0) is 42.0 Å². The van der Waals surface area contributed by atoms with Gasteiger partial charge in [0.05, 0.1) is 22.1 Å². The third-order valence-corrected chi connectivity index (χ3v) is 6.56. The second-order valence-corrected chi connectivity index (χ2v) is 8.44. The van der Waals surface area contributed by atoms with Gasteiger partial charge in [-0.2, -0.15) is 0 Å². The van der Waals surface area contributed by atoms with Crippen LogP contribution >= 0.6 is 0 Å². The molecule has 2 aromatic heterocycles. The molecule has 0 aliphatic carbocycles. The van der Waals surface area contributed by atoms with Crippen LogP contribution in [0.4, 0.5) is 0 Å². The highest BCUT2D eigenvalue weighted by Crippen LogP contribution is 2.37. The van der Waals surface area contributed by atoms with E-state index in [1.807, 2.05) is 0 Å². The topological polar surface area (TPSA) is 17.8 Å². The summed E-state index contributed by atoms with van der Waals surface area (Å²) in [6.45, 7) is 0. The number of aromatic nitrogens is 2. The highest BCUT2D eigenvalue weighted by Gasteiger charge is 2.15. The normalized spacial score (nSPS) is 11.6. The molecule has 154 valence electrons. The van der Waals surface area contributed by atoms with Gasteiger partial charge in [0, 0.05) is 32.8 Å². The standard InChI is InChI=1S/C31H20N2/c1-2-10-21(11-3-1)31-25-14-4-7-15-27(25)32-28-19-18-22(20-26(28)31)33-29-16-8-5-12-23(29)24-13-6-9-17-30(24)33/h1-20H. The van der Waals surface area contributed by atoms with Crippen LogP contribution in [0.5, 0.6) is 0 Å². The minimum Gasteiger partial charge on any atom is -0.309 e. The van der Waals surface area contributed by atoms with Crippen LogP contribution in [0.1, 0.15) is 0 Å². The molecule has 33 heavy (non-hydrogen) atoms. The van der Waals surface area contributed by atoms with E-state index in [-0.39, 0.29) is 0 Å². The number of nitrogens with zero attached hydrogens (tertiary/aromatic N) is 2. The summed E-state index contributed by atoms with van der Waals surface area (Å²) in [5.74, 6) is 0. The molecule has 0 fully saturated rings. The van der Waals surface area contributed by atoms with Crippen molar-refractivity contribution in [3.05, 3.63) is 121 Å². The minimum atomic E-state index is 1.01. The number of hydrogen-bond donors (Lipinski definition) is 0. The quantitative estimate of drug-likeness (QED) is 0.258. The zero-order valence-corrected chi connectivity index (χ0v) is 17.9. The van der Waals surface area contributed by atoms with E-state index < -0.39 is 0 Å². The Bertz CT molecular complexity index is 1760. The molecule has 0 aliphatic rings. The van der Waals surface area contributed by atoms with E-state index in [0.29, 0.717) is 0 Å². The Balaban J connectivity index is 1.62. The van der Waals surface area contributed by atoms with Crippen molar-refractivity contribution >= 4 is 43.6 Å². The number of fused-ring (bicyclic) bond motifs is 5. The van der Waals surface area contributed by atoms with Gasteiger partial charge in [-0.25, -0.2) is 4.98 Å². The molecule has 0 bridgehead atoms. The van der Waals surface area contributed by atoms with E-state index in [1.165, 1.54) is 43.7 Å². The predicted octanol–water partition coefficient (Wildman–Crippen LogP) is 8.15. The van der Waals surface area contributed by atoms with Gasteiger partial charge < -0.3 is 4.57 Å². The first-order chi connectivity index (χ1) is 16.4. The zero-order valence-electron chi connectivity index (χ0n) is 17.9. The summed E-state index contributed by atoms with van der Waals surface area (Å²) in [6.07, 6.45) is 0. The second kappa shape index (κ2) is 7.04. The van der Waals surface area contributed by atoms with Crippen LogP contribution in [0.15, 0.2) is 121 Å². The van der Waals surface area contributed by atoms with Gasteiger partial charge in [0.2, 0.25) is 0 Å². The molecule has 0 aliphatic heterocycles. The number of para-hydroxylation sites is 3. The number of rotatable bonds is 2.